The van der Waals surface area contributed by atoms with Crippen molar-refractivity contribution in [2.75, 3.05) is 5.32 Å². The summed E-state index contributed by atoms with van der Waals surface area (Å²) < 4.78 is 12.7. The van der Waals surface area contributed by atoms with Gasteiger partial charge in [0.25, 0.3) is 0 Å². The summed E-state index contributed by atoms with van der Waals surface area (Å²) in [7, 11) is 0. The van der Waals surface area contributed by atoms with Gasteiger partial charge >= 0.3 is 0 Å². The maximum atomic E-state index is 12.7. The lowest BCUT2D eigenvalue weighted by molar-refractivity contribution is 0.626. The molecule has 0 saturated carbocycles. The van der Waals surface area contributed by atoms with Crippen LogP contribution in [0.15, 0.2) is 42.6 Å². The molecule has 2 nitrogen and oxygen atoms in total. The summed E-state index contributed by atoms with van der Waals surface area (Å²) >= 11 is 0. The molecular formula is C13H12FN2. The van der Waals surface area contributed by atoms with E-state index in [1.807, 2.05) is 13.0 Å². The van der Waals surface area contributed by atoms with Crippen LogP contribution in [0.3, 0.4) is 0 Å². The molecule has 3 heteroatoms. The minimum atomic E-state index is -0.219. The van der Waals surface area contributed by atoms with Crippen molar-refractivity contribution in [1.29, 1.82) is 0 Å². The van der Waals surface area contributed by atoms with Crippen molar-refractivity contribution < 1.29 is 4.39 Å². The lowest BCUT2D eigenvalue weighted by Gasteiger charge is -2.14. The highest BCUT2D eigenvalue weighted by molar-refractivity contribution is 5.37. The van der Waals surface area contributed by atoms with Crippen molar-refractivity contribution >= 4 is 5.82 Å². The van der Waals surface area contributed by atoms with E-state index in [-0.39, 0.29) is 11.9 Å². The van der Waals surface area contributed by atoms with E-state index in [1.54, 1.807) is 24.4 Å². The van der Waals surface area contributed by atoms with E-state index >= 15 is 0 Å². The van der Waals surface area contributed by atoms with Gasteiger partial charge in [-0.2, -0.15) is 0 Å². The summed E-state index contributed by atoms with van der Waals surface area (Å²) in [5, 5.41) is 3.22. The van der Waals surface area contributed by atoms with Gasteiger partial charge in [-0.3, -0.25) is 0 Å². The normalized spacial score (nSPS) is 12.1. The molecule has 0 saturated heterocycles. The maximum absolute atomic E-state index is 12.7. The first kappa shape index (κ1) is 10.6. The fraction of sp³-hybridized carbons (Fsp3) is 0.154. The highest BCUT2D eigenvalue weighted by atomic mass is 19.1. The summed E-state index contributed by atoms with van der Waals surface area (Å²) in [5.41, 5.74) is 1.02. The van der Waals surface area contributed by atoms with E-state index in [0.717, 1.165) is 11.4 Å². The number of anilines is 1. The summed E-state index contributed by atoms with van der Waals surface area (Å²) in [6, 6.07) is 13.0. The molecule has 81 valence electrons. The largest absolute Gasteiger partial charge is 0.364 e. The number of pyridine rings is 1. The average Bonchev–Trinajstić information content (AvgIpc) is 2.31. The van der Waals surface area contributed by atoms with Crippen LogP contribution >= 0.6 is 0 Å². The predicted molar refractivity (Wildman–Crippen MR) is 61.5 cm³/mol. The molecule has 0 aliphatic carbocycles. The van der Waals surface area contributed by atoms with Gasteiger partial charge in [0.15, 0.2) is 0 Å². The molecule has 1 unspecified atom stereocenters. The van der Waals surface area contributed by atoms with Gasteiger partial charge in [0.05, 0.1) is 0 Å². The summed E-state index contributed by atoms with van der Waals surface area (Å²) in [6.07, 6.45) is 1.61. The molecule has 16 heavy (non-hydrogen) atoms. The number of aromatic nitrogens is 1. The van der Waals surface area contributed by atoms with Crippen molar-refractivity contribution in [3.8, 4) is 0 Å². The molecule has 2 rings (SSSR count). The van der Waals surface area contributed by atoms with Crippen LogP contribution in [0.4, 0.5) is 10.2 Å². The standard InChI is InChI=1S/C13H12FN2/c1-10(11-5-7-12(14)8-6-11)16-13-4-2-3-9-15-13/h2,4-10H,1H3,(H,15,16). The summed E-state index contributed by atoms with van der Waals surface area (Å²) in [5.74, 6) is 0.568. The minimum Gasteiger partial charge on any atom is -0.364 e. The van der Waals surface area contributed by atoms with Crippen LogP contribution in [0.25, 0.3) is 0 Å². The Morgan fingerprint density at radius 2 is 2.00 bits per heavy atom. The second kappa shape index (κ2) is 4.75. The number of hydrogen-bond donors (Lipinski definition) is 1. The number of nitrogens with zero attached hydrogens (tertiary/aromatic N) is 1. The number of rotatable bonds is 3. The van der Waals surface area contributed by atoms with Gasteiger partial charge in [0, 0.05) is 18.3 Å². The Morgan fingerprint density at radius 3 is 2.62 bits per heavy atom. The third kappa shape index (κ3) is 2.57. The molecule has 2 aromatic rings. The molecule has 1 heterocycles. The molecule has 0 aliphatic heterocycles. The first-order chi connectivity index (χ1) is 7.75. The quantitative estimate of drug-likeness (QED) is 0.850. The fourth-order valence-electron chi connectivity index (χ4n) is 1.46. The van der Waals surface area contributed by atoms with Gasteiger partial charge in [-0.15, -0.1) is 0 Å². The van der Waals surface area contributed by atoms with Crippen molar-refractivity contribution in [3.63, 3.8) is 0 Å². The topological polar surface area (TPSA) is 24.9 Å². The Kier molecular flexibility index (Phi) is 3.15. The molecule has 1 aromatic heterocycles. The van der Waals surface area contributed by atoms with E-state index in [2.05, 4.69) is 16.4 Å². The van der Waals surface area contributed by atoms with Crippen molar-refractivity contribution in [3.05, 3.63) is 60.0 Å². The van der Waals surface area contributed by atoms with Gasteiger partial charge in [-0.25, -0.2) is 9.37 Å². The zero-order chi connectivity index (χ0) is 11.4. The van der Waals surface area contributed by atoms with Crippen LogP contribution in [-0.2, 0) is 0 Å². The number of nitrogens with one attached hydrogen (secondary N) is 1. The highest BCUT2D eigenvalue weighted by Gasteiger charge is 2.05. The zero-order valence-corrected chi connectivity index (χ0v) is 8.94. The van der Waals surface area contributed by atoms with Crippen LogP contribution in [0.2, 0.25) is 0 Å². The predicted octanol–water partition coefficient (Wildman–Crippen LogP) is 3.19. The molecule has 0 amide bonds. The van der Waals surface area contributed by atoms with Crippen LogP contribution < -0.4 is 5.32 Å². The van der Waals surface area contributed by atoms with E-state index in [4.69, 9.17) is 0 Å². The first-order valence-corrected chi connectivity index (χ1v) is 5.10. The molecule has 0 spiro atoms. The van der Waals surface area contributed by atoms with Gasteiger partial charge in [-0.05, 0) is 36.8 Å². The number of hydrogen-bond acceptors (Lipinski definition) is 2. The Labute approximate surface area is 94.2 Å². The zero-order valence-electron chi connectivity index (χ0n) is 8.94. The van der Waals surface area contributed by atoms with Gasteiger partial charge < -0.3 is 5.32 Å². The molecule has 1 N–H and O–H groups in total. The van der Waals surface area contributed by atoms with Crippen LogP contribution in [0.1, 0.15) is 18.5 Å². The Morgan fingerprint density at radius 1 is 1.25 bits per heavy atom. The Hall–Kier alpha value is -1.90. The minimum absolute atomic E-state index is 0.0931. The van der Waals surface area contributed by atoms with E-state index in [1.165, 1.54) is 12.1 Å². The van der Waals surface area contributed by atoms with Crippen molar-refractivity contribution in [2.45, 2.75) is 13.0 Å². The molecule has 0 fully saturated rings. The molecule has 0 aliphatic rings. The van der Waals surface area contributed by atoms with E-state index < -0.39 is 0 Å². The fourth-order valence-corrected chi connectivity index (χ4v) is 1.46. The van der Waals surface area contributed by atoms with Crippen LogP contribution in [0, 0.1) is 11.9 Å². The lowest BCUT2D eigenvalue weighted by Crippen LogP contribution is -2.07. The van der Waals surface area contributed by atoms with Gasteiger partial charge in [0.1, 0.15) is 11.6 Å². The van der Waals surface area contributed by atoms with Crippen molar-refractivity contribution in [2.24, 2.45) is 0 Å². The summed E-state index contributed by atoms with van der Waals surface area (Å²) in [4.78, 5) is 4.12. The van der Waals surface area contributed by atoms with Crippen LogP contribution in [-0.4, -0.2) is 4.98 Å². The van der Waals surface area contributed by atoms with Crippen molar-refractivity contribution in [1.82, 2.24) is 4.98 Å². The monoisotopic (exact) mass is 215 g/mol. The van der Waals surface area contributed by atoms with Gasteiger partial charge in [-0.1, -0.05) is 12.1 Å². The molecule has 1 aromatic carbocycles. The summed E-state index contributed by atoms with van der Waals surface area (Å²) in [6.45, 7) is 2.01. The molecule has 1 radical (unpaired) electrons. The third-order valence-electron chi connectivity index (χ3n) is 2.35. The highest BCUT2D eigenvalue weighted by Crippen LogP contribution is 2.17. The second-order valence-corrected chi connectivity index (χ2v) is 3.56. The Bertz CT molecular complexity index is 439. The SMILES string of the molecule is CC(Nc1cc[c]cn1)c1ccc(F)cc1. The Balaban J connectivity index is 2.09. The third-order valence-corrected chi connectivity index (χ3v) is 2.35. The molecule has 1 atom stereocenters. The second-order valence-electron chi connectivity index (χ2n) is 3.56. The molecule has 0 bridgehead atoms. The van der Waals surface area contributed by atoms with E-state index in [0.29, 0.717) is 0 Å². The van der Waals surface area contributed by atoms with E-state index in [9.17, 15) is 4.39 Å². The van der Waals surface area contributed by atoms with Crippen LogP contribution in [0.5, 0.6) is 0 Å². The lowest BCUT2D eigenvalue weighted by atomic mass is 10.1. The average molecular weight is 215 g/mol. The smallest absolute Gasteiger partial charge is 0.126 e. The molecular weight excluding hydrogens is 203 g/mol. The first-order valence-electron chi connectivity index (χ1n) is 5.10. The number of halogens is 1. The number of benzene rings is 1. The van der Waals surface area contributed by atoms with Gasteiger partial charge in [0.2, 0.25) is 0 Å². The maximum Gasteiger partial charge on any atom is 0.126 e.